The van der Waals surface area contributed by atoms with Crippen molar-refractivity contribution >= 4 is 29.1 Å². The summed E-state index contributed by atoms with van der Waals surface area (Å²) >= 11 is 7.51. The maximum absolute atomic E-state index is 13.3. The molecule has 0 atom stereocenters. The molecule has 6 nitrogen and oxygen atoms in total. The molecular weight excluding hydrogens is 477 g/mol. The zero-order valence-electron chi connectivity index (χ0n) is 16.7. The van der Waals surface area contributed by atoms with Gasteiger partial charge in [-0.15, -0.1) is 10.2 Å². The minimum absolute atomic E-state index is 0.0517. The third-order valence-corrected chi connectivity index (χ3v) is 6.00. The number of hydrogen-bond donors (Lipinski definition) is 0. The first-order chi connectivity index (χ1) is 15.7. The average molecular weight is 491 g/mol. The van der Waals surface area contributed by atoms with Crippen LogP contribution in [0.15, 0.2) is 78.0 Å². The van der Waals surface area contributed by atoms with Crippen molar-refractivity contribution in [2.45, 2.75) is 17.1 Å². The molecule has 0 saturated carbocycles. The molecule has 0 aliphatic carbocycles. The number of alkyl halides is 3. The summed E-state index contributed by atoms with van der Waals surface area (Å²) in [6.07, 6.45) is -4.52. The first-order valence-corrected chi connectivity index (χ1v) is 10.8. The Morgan fingerprint density at radius 2 is 1.76 bits per heavy atom. The van der Waals surface area contributed by atoms with E-state index in [-0.39, 0.29) is 17.2 Å². The van der Waals surface area contributed by atoms with Crippen molar-refractivity contribution < 1.29 is 18.1 Å². The van der Waals surface area contributed by atoms with Crippen molar-refractivity contribution in [3.05, 3.63) is 99.1 Å². The maximum Gasteiger partial charge on any atom is 0.416 e. The number of rotatable bonds is 6. The van der Waals surface area contributed by atoms with Gasteiger partial charge in [0.2, 0.25) is 0 Å². The van der Waals surface area contributed by atoms with Crippen molar-refractivity contribution in [2.24, 2.45) is 0 Å². The smallest absolute Gasteiger partial charge is 0.270 e. The first kappa shape index (κ1) is 22.8. The molecule has 33 heavy (non-hydrogen) atoms. The summed E-state index contributed by atoms with van der Waals surface area (Å²) in [5, 5.41) is 20.1. The van der Waals surface area contributed by atoms with Crippen molar-refractivity contribution in [3.63, 3.8) is 0 Å². The molecule has 0 N–H and O–H groups in total. The van der Waals surface area contributed by atoms with Gasteiger partial charge in [-0.1, -0.05) is 53.7 Å². The summed E-state index contributed by atoms with van der Waals surface area (Å²) in [6.45, 7) is 0. The number of hydrogen-bond acceptors (Lipinski definition) is 5. The minimum atomic E-state index is -4.52. The van der Waals surface area contributed by atoms with Crippen LogP contribution in [0.5, 0.6) is 0 Å². The van der Waals surface area contributed by atoms with Crippen LogP contribution >= 0.6 is 23.4 Å². The van der Waals surface area contributed by atoms with Gasteiger partial charge in [-0.2, -0.15) is 13.2 Å². The maximum atomic E-state index is 13.3. The standard InChI is InChI=1S/C22H14ClF3N4O2S/c23-19-10-2-1-9-18(19)20-27-28-21(33-13-14-5-3-8-17(11-14)30(31)32)29(20)16-7-4-6-15(12-16)22(24,25)26/h1-12H,13H2. The molecular formula is C22H14ClF3N4O2S. The third kappa shape index (κ3) is 5.01. The van der Waals surface area contributed by atoms with Crippen LogP contribution in [0.1, 0.15) is 11.1 Å². The fraction of sp³-hybridized carbons (Fsp3) is 0.0909. The quantitative estimate of drug-likeness (QED) is 0.169. The summed E-state index contributed by atoms with van der Waals surface area (Å²) in [5.74, 6) is 0.572. The van der Waals surface area contributed by atoms with E-state index in [4.69, 9.17) is 11.6 Å². The minimum Gasteiger partial charge on any atom is -0.270 e. The Bertz CT molecular complexity index is 1330. The molecule has 3 aromatic carbocycles. The van der Waals surface area contributed by atoms with Crippen LogP contribution in [0.25, 0.3) is 17.1 Å². The third-order valence-electron chi connectivity index (χ3n) is 4.67. The highest BCUT2D eigenvalue weighted by atomic mass is 35.5. The van der Waals surface area contributed by atoms with Crippen LogP contribution in [-0.4, -0.2) is 19.7 Å². The van der Waals surface area contributed by atoms with Gasteiger partial charge in [0.15, 0.2) is 11.0 Å². The van der Waals surface area contributed by atoms with Crippen molar-refractivity contribution in [1.82, 2.24) is 14.8 Å². The molecule has 0 aliphatic heterocycles. The Kier molecular flexibility index (Phi) is 6.39. The highest BCUT2D eigenvalue weighted by Crippen LogP contribution is 2.35. The van der Waals surface area contributed by atoms with Gasteiger partial charge < -0.3 is 0 Å². The highest BCUT2D eigenvalue weighted by molar-refractivity contribution is 7.98. The number of nitro groups is 1. The van der Waals surface area contributed by atoms with E-state index in [1.807, 2.05) is 0 Å². The average Bonchev–Trinajstić information content (AvgIpc) is 3.21. The van der Waals surface area contributed by atoms with Crippen LogP contribution in [0.3, 0.4) is 0 Å². The fourth-order valence-corrected chi connectivity index (χ4v) is 4.26. The number of nitro benzene ring substituents is 1. The predicted octanol–water partition coefficient (Wildman–Crippen LogP) is 6.81. The lowest BCUT2D eigenvalue weighted by molar-refractivity contribution is -0.384. The lowest BCUT2D eigenvalue weighted by Gasteiger charge is -2.13. The lowest BCUT2D eigenvalue weighted by atomic mass is 10.1. The molecule has 0 bridgehead atoms. The monoisotopic (exact) mass is 490 g/mol. The van der Waals surface area contributed by atoms with E-state index in [2.05, 4.69) is 10.2 Å². The molecule has 0 aliphatic rings. The molecule has 4 aromatic rings. The Morgan fingerprint density at radius 1 is 1.00 bits per heavy atom. The summed E-state index contributed by atoms with van der Waals surface area (Å²) in [6, 6.07) is 17.8. The number of aromatic nitrogens is 3. The second-order valence-electron chi connectivity index (χ2n) is 6.89. The molecule has 0 radical (unpaired) electrons. The zero-order chi connectivity index (χ0) is 23.6. The van der Waals surface area contributed by atoms with Crippen LogP contribution in [0, 0.1) is 10.1 Å². The van der Waals surface area contributed by atoms with Gasteiger partial charge in [-0.3, -0.25) is 14.7 Å². The highest BCUT2D eigenvalue weighted by Gasteiger charge is 2.31. The van der Waals surface area contributed by atoms with E-state index in [1.165, 1.54) is 40.6 Å². The Labute approximate surface area is 195 Å². The van der Waals surface area contributed by atoms with Crippen molar-refractivity contribution in [3.8, 4) is 17.1 Å². The van der Waals surface area contributed by atoms with E-state index in [0.717, 1.165) is 12.1 Å². The molecule has 168 valence electrons. The van der Waals surface area contributed by atoms with Gasteiger partial charge in [0.05, 0.1) is 21.2 Å². The number of halogens is 4. The normalized spacial score (nSPS) is 11.5. The van der Waals surface area contributed by atoms with Gasteiger partial charge in [-0.25, -0.2) is 0 Å². The lowest BCUT2D eigenvalue weighted by Crippen LogP contribution is -2.07. The molecule has 1 aromatic heterocycles. The second-order valence-corrected chi connectivity index (χ2v) is 8.23. The van der Waals surface area contributed by atoms with Gasteiger partial charge in [0.25, 0.3) is 5.69 Å². The van der Waals surface area contributed by atoms with Gasteiger partial charge >= 0.3 is 6.18 Å². The Morgan fingerprint density at radius 3 is 2.48 bits per heavy atom. The molecule has 0 spiro atoms. The summed E-state index contributed by atoms with van der Waals surface area (Å²) < 4.78 is 41.5. The van der Waals surface area contributed by atoms with E-state index in [9.17, 15) is 23.3 Å². The number of non-ortho nitro benzene ring substituents is 1. The van der Waals surface area contributed by atoms with Gasteiger partial charge in [-0.05, 0) is 35.9 Å². The SMILES string of the molecule is O=[N+]([O-])c1cccc(CSc2nnc(-c3ccccc3Cl)n2-c2cccc(C(F)(F)F)c2)c1. The first-order valence-electron chi connectivity index (χ1n) is 9.48. The van der Waals surface area contributed by atoms with E-state index < -0.39 is 16.7 Å². The number of thioether (sulfide) groups is 1. The Hall–Kier alpha value is -3.37. The predicted molar refractivity (Wildman–Crippen MR) is 119 cm³/mol. The van der Waals surface area contributed by atoms with Gasteiger partial charge in [0, 0.05) is 23.4 Å². The molecule has 0 saturated heterocycles. The largest absolute Gasteiger partial charge is 0.416 e. The molecule has 0 unspecified atom stereocenters. The second kappa shape index (κ2) is 9.24. The van der Waals surface area contributed by atoms with Crippen LogP contribution < -0.4 is 0 Å². The van der Waals surface area contributed by atoms with E-state index in [0.29, 0.717) is 27.1 Å². The zero-order valence-corrected chi connectivity index (χ0v) is 18.2. The fourth-order valence-electron chi connectivity index (χ4n) is 3.14. The number of benzene rings is 3. The van der Waals surface area contributed by atoms with E-state index >= 15 is 0 Å². The molecule has 4 rings (SSSR count). The summed E-state index contributed by atoms with van der Waals surface area (Å²) in [4.78, 5) is 10.5. The van der Waals surface area contributed by atoms with Crippen LogP contribution in [0.2, 0.25) is 5.02 Å². The summed E-state index contributed by atoms with van der Waals surface area (Å²) in [5.41, 5.74) is 0.516. The Balaban J connectivity index is 1.78. The van der Waals surface area contributed by atoms with Crippen LogP contribution in [-0.2, 0) is 11.9 Å². The van der Waals surface area contributed by atoms with Crippen molar-refractivity contribution in [2.75, 3.05) is 0 Å². The summed E-state index contributed by atoms with van der Waals surface area (Å²) in [7, 11) is 0. The topological polar surface area (TPSA) is 73.8 Å². The molecule has 1 heterocycles. The molecule has 0 fully saturated rings. The molecule has 0 amide bonds. The van der Waals surface area contributed by atoms with Crippen LogP contribution in [0.4, 0.5) is 18.9 Å². The van der Waals surface area contributed by atoms with Gasteiger partial charge in [0.1, 0.15) is 0 Å². The number of nitrogens with zero attached hydrogens (tertiary/aromatic N) is 4. The molecule has 11 heteroatoms. The van der Waals surface area contributed by atoms with Crippen molar-refractivity contribution in [1.29, 1.82) is 0 Å². The van der Waals surface area contributed by atoms with E-state index in [1.54, 1.807) is 36.4 Å².